The zero-order valence-electron chi connectivity index (χ0n) is 12.8. The van der Waals surface area contributed by atoms with Crippen molar-refractivity contribution in [3.05, 3.63) is 17.7 Å². The van der Waals surface area contributed by atoms with Gasteiger partial charge in [-0.3, -0.25) is 9.59 Å². The van der Waals surface area contributed by atoms with Crippen LogP contribution in [0.4, 0.5) is 0 Å². The maximum absolute atomic E-state index is 12.6. The van der Waals surface area contributed by atoms with Crippen LogP contribution in [0.5, 0.6) is 17.2 Å². The van der Waals surface area contributed by atoms with Gasteiger partial charge in [0.2, 0.25) is 5.75 Å². The Balaban J connectivity index is 2.32. The molecule has 1 atom stereocenters. The van der Waals surface area contributed by atoms with Gasteiger partial charge in [0.1, 0.15) is 0 Å². The molecule has 2 rings (SSSR count). The number of amides is 1. The number of ether oxygens (including phenoxy) is 3. The molecule has 1 saturated heterocycles. The number of aliphatic carboxylic acids is 1. The summed E-state index contributed by atoms with van der Waals surface area (Å²) in [4.78, 5) is 25.1. The van der Waals surface area contributed by atoms with E-state index in [-0.39, 0.29) is 18.2 Å². The Morgan fingerprint density at radius 2 is 1.82 bits per heavy atom. The molecule has 1 heterocycles. The van der Waals surface area contributed by atoms with Gasteiger partial charge in [-0.25, -0.2) is 0 Å². The van der Waals surface area contributed by atoms with Gasteiger partial charge >= 0.3 is 5.97 Å². The lowest BCUT2D eigenvalue weighted by atomic mass is 10.1. The van der Waals surface area contributed by atoms with Crippen LogP contribution in [0.25, 0.3) is 0 Å². The molecule has 0 bridgehead atoms. The highest BCUT2D eigenvalue weighted by atomic mass is 16.5. The van der Waals surface area contributed by atoms with E-state index in [1.807, 2.05) is 0 Å². The van der Waals surface area contributed by atoms with Crippen LogP contribution in [0.3, 0.4) is 0 Å². The van der Waals surface area contributed by atoms with Crippen LogP contribution in [0.1, 0.15) is 16.8 Å². The largest absolute Gasteiger partial charge is 0.493 e. The molecule has 1 aromatic rings. The van der Waals surface area contributed by atoms with E-state index in [0.29, 0.717) is 30.0 Å². The summed E-state index contributed by atoms with van der Waals surface area (Å²) in [6, 6.07) is 3.22. The molecule has 1 aliphatic rings. The third-order valence-corrected chi connectivity index (χ3v) is 3.76. The van der Waals surface area contributed by atoms with Crippen LogP contribution in [0.2, 0.25) is 0 Å². The van der Waals surface area contributed by atoms with Crippen LogP contribution in [0, 0.1) is 5.92 Å². The highest BCUT2D eigenvalue weighted by Crippen LogP contribution is 2.40. The SMILES string of the molecule is COc1ccc(C(=O)N2CCC(C(=O)O)C2)c(OC)c1OC. The molecule has 1 unspecified atom stereocenters. The molecular weight excluding hydrogens is 290 g/mol. The number of likely N-dealkylation sites (tertiary alicyclic amines) is 1. The van der Waals surface area contributed by atoms with Gasteiger partial charge in [0.05, 0.1) is 32.8 Å². The smallest absolute Gasteiger partial charge is 0.308 e. The van der Waals surface area contributed by atoms with E-state index >= 15 is 0 Å². The highest BCUT2D eigenvalue weighted by molar-refractivity contribution is 5.98. The van der Waals surface area contributed by atoms with Crippen molar-refractivity contribution >= 4 is 11.9 Å². The lowest BCUT2D eigenvalue weighted by molar-refractivity contribution is -0.141. The third kappa shape index (κ3) is 2.79. The zero-order valence-corrected chi connectivity index (χ0v) is 12.8. The van der Waals surface area contributed by atoms with Crippen molar-refractivity contribution in [1.29, 1.82) is 0 Å². The lowest BCUT2D eigenvalue weighted by Gasteiger charge is -2.20. The normalized spacial score (nSPS) is 17.2. The minimum atomic E-state index is -0.880. The molecule has 1 aliphatic heterocycles. The fourth-order valence-corrected chi connectivity index (χ4v) is 2.59. The first-order valence-electron chi connectivity index (χ1n) is 6.84. The lowest BCUT2D eigenvalue weighted by Crippen LogP contribution is -2.30. The number of methoxy groups -OCH3 is 3. The zero-order chi connectivity index (χ0) is 16.3. The quantitative estimate of drug-likeness (QED) is 0.881. The van der Waals surface area contributed by atoms with Crippen molar-refractivity contribution in [3.63, 3.8) is 0 Å². The predicted octanol–water partition coefficient (Wildman–Crippen LogP) is 1.26. The number of carboxylic acids is 1. The highest BCUT2D eigenvalue weighted by Gasteiger charge is 2.33. The first kappa shape index (κ1) is 15.9. The molecule has 120 valence electrons. The maximum Gasteiger partial charge on any atom is 0.308 e. The average Bonchev–Trinajstić information content (AvgIpc) is 3.02. The molecule has 0 saturated carbocycles. The van der Waals surface area contributed by atoms with Gasteiger partial charge in [-0.15, -0.1) is 0 Å². The second-order valence-corrected chi connectivity index (χ2v) is 4.96. The Morgan fingerprint density at radius 3 is 2.32 bits per heavy atom. The predicted molar refractivity (Wildman–Crippen MR) is 77.7 cm³/mol. The van der Waals surface area contributed by atoms with Crippen molar-refractivity contribution in [3.8, 4) is 17.2 Å². The van der Waals surface area contributed by atoms with Crippen LogP contribution in [-0.2, 0) is 4.79 Å². The van der Waals surface area contributed by atoms with Crippen molar-refractivity contribution in [2.75, 3.05) is 34.4 Å². The van der Waals surface area contributed by atoms with E-state index in [4.69, 9.17) is 19.3 Å². The number of rotatable bonds is 5. The summed E-state index contributed by atoms with van der Waals surface area (Å²) < 4.78 is 15.7. The standard InChI is InChI=1S/C15H19NO6/c1-20-11-5-4-10(12(21-2)13(11)22-3)14(17)16-7-6-9(8-16)15(18)19/h4-5,9H,6-8H2,1-3H3,(H,18,19). The van der Waals surface area contributed by atoms with E-state index < -0.39 is 11.9 Å². The minimum absolute atomic E-state index is 0.200. The second kappa shape index (κ2) is 6.55. The molecule has 1 aromatic carbocycles. The summed E-state index contributed by atoms with van der Waals surface area (Å²) in [5, 5.41) is 9.04. The number of hydrogen-bond donors (Lipinski definition) is 1. The number of carbonyl (C=O) groups is 2. The molecular formula is C15H19NO6. The summed E-state index contributed by atoms with van der Waals surface area (Å²) in [5.74, 6) is -0.595. The summed E-state index contributed by atoms with van der Waals surface area (Å²) in [7, 11) is 4.40. The van der Waals surface area contributed by atoms with Crippen LogP contribution >= 0.6 is 0 Å². The fraction of sp³-hybridized carbons (Fsp3) is 0.467. The van der Waals surface area contributed by atoms with Gasteiger partial charge in [0.15, 0.2) is 11.5 Å². The monoisotopic (exact) mass is 309 g/mol. The van der Waals surface area contributed by atoms with Gasteiger partial charge < -0.3 is 24.2 Å². The summed E-state index contributed by atoms with van der Waals surface area (Å²) in [6.45, 7) is 0.610. The van der Waals surface area contributed by atoms with Gasteiger partial charge in [-0.2, -0.15) is 0 Å². The molecule has 0 aliphatic carbocycles. The molecule has 1 N–H and O–H groups in total. The van der Waals surface area contributed by atoms with E-state index in [1.54, 1.807) is 12.1 Å². The number of benzene rings is 1. The van der Waals surface area contributed by atoms with Crippen molar-refractivity contribution < 1.29 is 28.9 Å². The van der Waals surface area contributed by atoms with E-state index in [2.05, 4.69) is 0 Å². The number of hydrogen-bond acceptors (Lipinski definition) is 5. The molecule has 0 radical (unpaired) electrons. The second-order valence-electron chi connectivity index (χ2n) is 4.96. The van der Waals surface area contributed by atoms with Crippen LogP contribution in [0.15, 0.2) is 12.1 Å². The topological polar surface area (TPSA) is 85.3 Å². The van der Waals surface area contributed by atoms with E-state index in [0.717, 1.165) is 0 Å². The minimum Gasteiger partial charge on any atom is -0.493 e. The van der Waals surface area contributed by atoms with Crippen molar-refractivity contribution in [2.45, 2.75) is 6.42 Å². The molecule has 1 fully saturated rings. The summed E-state index contributed by atoms with van der Waals surface area (Å²) in [6.07, 6.45) is 0.455. The Hall–Kier alpha value is -2.44. The van der Waals surface area contributed by atoms with E-state index in [9.17, 15) is 9.59 Å². The fourth-order valence-electron chi connectivity index (χ4n) is 2.59. The van der Waals surface area contributed by atoms with Crippen LogP contribution in [-0.4, -0.2) is 56.3 Å². The van der Waals surface area contributed by atoms with Gasteiger partial charge in [0, 0.05) is 13.1 Å². The molecule has 7 heteroatoms. The van der Waals surface area contributed by atoms with Crippen LogP contribution < -0.4 is 14.2 Å². The molecule has 7 nitrogen and oxygen atoms in total. The Labute approximate surface area is 128 Å². The average molecular weight is 309 g/mol. The van der Waals surface area contributed by atoms with Gasteiger partial charge in [0.25, 0.3) is 5.91 Å². The van der Waals surface area contributed by atoms with Crippen molar-refractivity contribution in [1.82, 2.24) is 4.90 Å². The first-order valence-corrected chi connectivity index (χ1v) is 6.84. The Kier molecular flexibility index (Phi) is 4.75. The van der Waals surface area contributed by atoms with Gasteiger partial charge in [-0.1, -0.05) is 0 Å². The molecule has 1 amide bonds. The van der Waals surface area contributed by atoms with E-state index in [1.165, 1.54) is 26.2 Å². The number of nitrogens with zero attached hydrogens (tertiary/aromatic N) is 1. The summed E-state index contributed by atoms with van der Waals surface area (Å²) >= 11 is 0. The van der Waals surface area contributed by atoms with Gasteiger partial charge in [-0.05, 0) is 18.6 Å². The maximum atomic E-state index is 12.6. The Morgan fingerprint density at radius 1 is 1.14 bits per heavy atom. The number of carbonyl (C=O) groups excluding carboxylic acids is 1. The Bertz CT molecular complexity index is 586. The molecule has 0 aromatic heterocycles. The third-order valence-electron chi connectivity index (χ3n) is 3.76. The van der Waals surface area contributed by atoms with Crippen molar-refractivity contribution in [2.24, 2.45) is 5.92 Å². The summed E-state index contributed by atoms with van der Waals surface area (Å²) in [5.41, 5.74) is 0.325. The molecule has 22 heavy (non-hydrogen) atoms. The number of carboxylic acid groups (broad SMARTS) is 1. The molecule has 0 spiro atoms. The first-order chi connectivity index (χ1) is 10.5.